The number of hydrogen-bond acceptors (Lipinski definition) is 5. The van der Waals surface area contributed by atoms with Crippen molar-refractivity contribution < 1.29 is 23.8 Å². The Morgan fingerprint density at radius 1 is 1.04 bits per heavy atom. The minimum atomic E-state index is -0.586. The second-order valence-corrected chi connectivity index (χ2v) is 5.86. The van der Waals surface area contributed by atoms with E-state index in [1.54, 1.807) is 18.2 Å². The van der Waals surface area contributed by atoms with Gasteiger partial charge in [0.15, 0.2) is 24.7 Å². The van der Waals surface area contributed by atoms with Crippen molar-refractivity contribution in [3.63, 3.8) is 0 Å². The van der Waals surface area contributed by atoms with Gasteiger partial charge in [0.1, 0.15) is 0 Å². The summed E-state index contributed by atoms with van der Waals surface area (Å²) in [7, 11) is 1.53. The maximum Gasteiger partial charge on any atom is 0.344 e. The second kappa shape index (κ2) is 9.80. The highest BCUT2D eigenvalue weighted by molar-refractivity contribution is 5.81. The van der Waals surface area contributed by atoms with Gasteiger partial charge < -0.3 is 19.5 Å². The molecule has 6 heteroatoms. The molecule has 0 heterocycles. The molecule has 0 unspecified atom stereocenters. The summed E-state index contributed by atoms with van der Waals surface area (Å²) in [6.45, 7) is -0.540. The average Bonchev–Trinajstić information content (AvgIpc) is 2.87. The predicted molar refractivity (Wildman–Crippen MR) is 89.1 cm³/mol. The molecule has 24 heavy (non-hydrogen) atoms. The van der Waals surface area contributed by atoms with Crippen molar-refractivity contribution >= 4 is 11.9 Å². The molecule has 0 bridgehead atoms. The topological polar surface area (TPSA) is 73.9 Å². The Morgan fingerprint density at radius 3 is 2.38 bits per heavy atom. The third-order valence-corrected chi connectivity index (χ3v) is 4.00. The summed E-state index contributed by atoms with van der Waals surface area (Å²) in [4.78, 5) is 23.6. The molecule has 0 spiro atoms. The highest BCUT2D eigenvalue weighted by Gasteiger charge is 2.16. The van der Waals surface area contributed by atoms with Crippen molar-refractivity contribution in [1.29, 1.82) is 0 Å². The zero-order chi connectivity index (χ0) is 17.2. The fraction of sp³-hybridized carbons (Fsp3) is 0.556. The first-order chi connectivity index (χ1) is 11.7. The Kier molecular flexibility index (Phi) is 7.39. The summed E-state index contributed by atoms with van der Waals surface area (Å²) in [5.41, 5.74) is 0. The zero-order valence-electron chi connectivity index (χ0n) is 14.1. The van der Waals surface area contributed by atoms with E-state index in [1.807, 2.05) is 6.07 Å². The van der Waals surface area contributed by atoms with Gasteiger partial charge in [-0.1, -0.05) is 37.8 Å². The van der Waals surface area contributed by atoms with E-state index in [2.05, 4.69) is 5.32 Å². The summed E-state index contributed by atoms with van der Waals surface area (Å²) in [5, 5.41) is 2.93. The summed E-state index contributed by atoms with van der Waals surface area (Å²) >= 11 is 0. The number of hydrogen-bond donors (Lipinski definition) is 1. The van der Waals surface area contributed by atoms with Crippen LogP contribution in [0.1, 0.15) is 38.5 Å². The van der Waals surface area contributed by atoms with Gasteiger partial charge in [-0.15, -0.1) is 0 Å². The lowest BCUT2D eigenvalue weighted by atomic mass is 10.1. The summed E-state index contributed by atoms with van der Waals surface area (Å²) < 4.78 is 15.4. The molecular weight excluding hydrogens is 310 g/mol. The first-order valence-electron chi connectivity index (χ1n) is 8.40. The van der Waals surface area contributed by atoms with Crippen LogP contribution in [0, 0.1) is 0 Å². The normalized spacial score (nSPS) is 15.2. The molecule has 0 aromatic heterocycles. The Bertz CT molecular complexity index is 538. The molecule has 1 saturated carbocycles. The summed E-state index contributed by atoms with van der Waals surface area (Å²) in [6.07, 6.45) is 6.71. The van der Waals surface area contributed by atoms with E-state index in [0.29, 0.717) is 11.5 Å². The third kappa shape index (κ3) is 6.10. The molecule has 0 radical (unpaired) electrons. The van der Waals surface area contributed by atoms with E-state index in [1.165, 1.54) is 20.0 Å². The van der Waals surface area contributed by atoms with Crippen LogP contribution in [-0.2, 0) is 14.3 Å². The lowest BCUT2D eigenvalue weighted by molar-refractivity contribution is -0.150. The lowest BCUT2D eigenvalue weighted by Gasteiger charge is -2.16. The first kappa shape index (κ1) is 18.1. The maximum atomic E-state index is 11.9. The number of nitrogens with one attached hydrogen (secondary N) is 1. The molecule has 1 N–H and O–H groups in total. The molecule has 1 aromatic carbocycles. The van der Waals surface area contributed by atoms with Crippen molar-refractivity contribution in [1.82, 2.24) is 5.32 Å². The second-order valence-electron chi connectivity index (χ2n) is 5.86. The Morgan fingerprint density at radius 2 is 1.71 bits per heavy atom. The zero-order valence-corrected chi connectivity index (χ0v) is 14.1. The van der Waals surface area contributed by atoms with Crippen LogP contribution < -0.4 is 14.8 Å². The fourth-order valence-electron chi connectivity index (χ4n) is 2.76. The number of amides is 1. The van der Waals surface area contributed by atoms with Crippen LogP contribution in [-0.4, -0.2) is 38.2 Å². The van der Waals surface area contributed by atoms with Gasteiger partial charge in [-0.25, -0.2) is 4.79 Å². The van der Waals surface area contributed by atoms with E-state index in [9.17, 15) is 9.59 Å². The molecule has 1 fully saturated rings. The standard InChI is InChI=1S/C18H25NO5/c1-22-15-10-6-7-11-16(15)23-13-18(21)24-12-17(20)19-14-8-4-2-3-5-9-14/h6-7,10-11,14H,2-5,8-9,12-13H2,1H3,(H,19,20). The SMILES string of the molecule is COc1ccccc1OCC(=O)OCC(=O)NC1CCCCCC1. The number of methoxy groups -OCH3 is 1. The van der Waals surface area contributed by atoms with Gasteiger partial charge >= 0.3 is 5.97 Å². The number of carbonyl (C=O) groups is 2. The smallest absolute Gasteiger partial charge is 0.344 e. The minimum absolute atomic E-state index is 0.198. The van der Waals surface area contributed by atoms with Gasteiger partial charge in [0, 0.05) is 6.04 Å². The monoisotopic (exact) mass is 335 g/mol. The van der Waals surface area contributed by atoms with Crippen LogP contribution in [0.15, 0.2) is 24.3 Å². The molecule has 6 nitrogen and oxygen atoms in total. The van der Waals surface area contributed by atoms with E-state index in [-0.39, 0.29) is 25.2 Å². The Labute approximate surface area is 142 Å². The number of benzene rings is 1. The molecule has 1 aromatic rings. The fourth-order valence-corrected chi connectivity index (χ4v) is 2.76. The average molecular weight is 335 g/mol. The van der Waals surface area contributed by atoms with E-state index < -0.39 is 5.97 Å². The predicted octanol–water partition coefficient (Wildman–Crippen LogP) is 2.46. The summed E-state index contributed by atoms with van der Waals surface area (Å²) in [5.74, 6) is 0.153. The lowest BCUT2D eigenvalue weighted by Crippen LogP contribution is -2.37. The molecule has 0 aliphatic heterocycles. The third-order valence-electron chi connectivity index (χ3n) is 4.00. The van der Waals surface area contributed by atoms with E-state index in [4.69, 9.17) is 14.2 Å². The van der Waals surface area contributed by atoms with Crippen LogP contribution in [0.4, 0.5) is 0 Å². The molecule has 1 aliphatic rings. The molecule has 1 amide bonds. The van der Waals surface area contributed by atoms with Crippen molar-refractivity contribution in [2.24, 2.45) is 0 Å². The van der Waals surface area contributed by atoms with Crippen molar-refractivity contribution in [3.8, 4) is 11.5 Å². The number of esters is 1. The van der Waals surface area contributed by atoms with E-state index >= 15 is 0 Å². The number of ether oxygens (including phenoxy) is 3. The molecule has 2 rings (SSSR count). The van der Waals surface area contributed by atoms with Gasteiger partial charge in [-0.3, -0.25) is 4.79 Å². The highest BCUT2D eigenvalue weighted by Crippen LogP contribution is 2.25. The Hall–Kier alpha value is -2.24. The van der Waals surface area contributed by atoms with Gasteiger partial charge in [-0.2, -0.15) is 0 Å². The highest BCUT2D eigenvalue weighted by atomic mass is 16.6. The minimum Gasteiger partial charge on any atom is -0.493 e. The molecular formula is C18H25NO5. The molecule has 132 valence electrons. The van der Waals surface area contributed by atoms with Gasteiger partial charge in [0.05, 0.1) is 7.11 Å². The van der Waals surface area contributed by atoms with Crippen LogP contribution >= 0.6 is 0 Å². The summed E-state index contributed by atoms with van der Waals surface area (Å²) in [6, 6.07) is 7.22. The first-order valence-corrected chi connectivity index (χ1v) is 8.40. The largest absolute Gasteiger partial charge is 0.493 e. The van der Waals surface area contributed by atoms with E-state index in [0.717, 1.165) is 25.7 Å². The quantitative estimate of drug-likeness (QED) is 0.612. The van der Waals surface area contributed by atoms with Crippen LogP contribution in [0.5, 0.6) is 11.5 Å². The Balaban J connectivity index is 1.67. The van der Waals surface area contributed by atoms with Crippen LogP contribution in [0.25, 0.3) is 0 Å². The maximum absolute atomic E-state index is 11.9. The van der Waals surface area contributed by atoms with Gasteiger partial charge in [0.2, 0.25) is 0 Å². The number of carbonyl (C=O) groups excluding carboxylic acids is 2. The number of para-hydroxylation sites is 2. The molecule has 0 atom stereocenters. The molecule has 0 saturated heterocycles. The van der Waals surface area contributed by atoms with Crippen LogP contribution in [0.2, 0.25) is 0 Å². The van der Waals surface area contributed by atoms with Gasteiger partial charge in [-0.05, 0) is 25.0 Å². The molecule has 1 aliphatic carbocycles. The van der Waals surface area contributed by atoms with Crippen LogP contribution in [0.3, 0.4) is 0 Å². The van der Waals surface area contributed by atoms with Crippen molar-refractivity contribution in [3.05, 3.63) is 24.3 Å². The van der Waals surface area contributed by atoms with Crippen molar-refractivity contribution in [2.75, 3.05) is 20.3 Å². The number of rotatable bonds is 7. The van der Waals surface area contributed by atoms with Crippen molar-refractivity contribution in [2.45, 2.75) is 44.6 Å². The van der Waals surface area contributed by atoms with Gasteiger partial charge in [0.25, 0.3) is 5.91 Å².